The van der Waals surface area contributed by atoms with Crippen LogP contribution in [-0.2, 0) is 4.79 Å². The molecule has 0 saturated carbocycles. The molecule has 0 aliphatic carbocycles. The van der Waals surface area contributed by atoms with Crippen LogP contribution in [0.3, 0.4) is 0 Å². The zero-order valence-electron chi connectivity index (χ0n) is 10.6. The normalized spacial score (nSPS) is 12.9. The molecule has 2 heterocycles. The number of fused-ring (bicyclic) bond motifs is 1. The van der Waals surface area contributed by atoms with Gasteiger partial charge in [-0.2, -0.15) is 5.10 Å². The Kier molecular flexibility index (Phi) is 3.18. The first-order valence-electron chi connectivity index (χ1n) is 5.79. The van der Waals surface area contributed by atoms with Gasteiger partial charge in [0.2, 0.25) is 0 Å². The average molecular weight is 248 g/mol. The number of hydrogen-bond donors (Lipinski definition) is 2. The first kappa shape index (κ1) is 12.3. The summed E-state index contributed by atoms with van der Waals surface area (Å²) >= 11 is 0. The minimum atomic E-state index is -0.884. The van der Waals surface area contributed by atoms with Gasteiger partial charge in [-0.15, -0.1) is 0 Å². The number of rotatable bonds is 4. The highest BCUT2D eigenvalue weighted by atomic mass is 16.4. The van der Waals surface area contributed by atoms with Crippen molar-refractivity contribution in [3.63, 3.8) is 0 Å². The van der Waals surface area contributed by atoms with Gasteiger partial charge in [0.1, 0.15) is 11.6 Å². The van der Waals surface area contributed by atoms with Gasteiger partial charge in [-0.1, -0.05) is 13.8 Å². The van der Waals surface area contributed by atoms with Crippen molar-refractivity contribution < 1.29 is 9.90 Å². The zero-order chi connectivity index (χ0) is 13.3. The lowest BCUT2D eigenvalue weighted by Crippen LogP contribution is -2.34. The maximum absolute atomic E-state index is 11.2. The summed E-state index contributed by atoms with van der Waals surface area (Å²) < 4.78 is 1.68. The Morgan fingerprint density at radius 3 is 2.83 bits per heavy atom. The van der Waals surface area contributed by atoms with Crippen LogP contribution in [0, 0.1) is 12.8 Å². The van der Waals surface area contributed by atoms with Gasteiger partial charge >= 0.3 is 5.97 Å². The van der Waals surface area contributed by atoms with Crippen molar-refractivity contribution in [2.75, 3.05) is 5.32 Å². The number of aryl methyl sites for hydroxylation is 1. The standard InChI is InChI=1S/C12H16N4O2/c1-7(2)10(12(17)18)14-11-9-6-8(3)15-16(9)5-4-13-11/h4-7,10H,1-3H3,(H,13,14)(H,17,18). The molecule has 6 nitrogen and oxygen atoms in total. The van der Waals surface area contributed by atoms with Gasteiger partial charge in [0, 0.05) is 12.4 Å². The monoisotopic (exact) mass is 248 g/mol. The lowest BCUT2D eigenvalue weighted by Gasteiger charge is -2.18. The molecule has 96 valence electrons. The highest BCUT2D eigenvalue weighted by Crippen LogP contribution is 2.17. The quantitative estimate of drug-likeness (QED) is 0.858. The molecule has 0 fully saturated rings. The molecule has 0 radical (unpaired) electrons. The molecule has 2 aromatic rings. The van der Waals surface area contributed by atoms with E-state index in [9.17, 15) is 4.79 Å². The third kappa shape index (κ3) is 2.27. The average Bonchev–Trinajstić information content (AvgIpc) is 2.65. The van der Waals surface area contributed by atoms with E-state index in [0.717, 1.165) is 11.2 Å². The number of anilines is 1. The Morgan fingerprint density at radius 1 is 1.50 bits per heavy atom. The molecule has 0 aliphatic heterocycles. The van der Waals surface area contributed by atoms with Crippen LogP contribution in [0.2, 0.25) is 0 Å². The Bertz CT molecular complexity index is 576. The summed E-state index contributed by atoms with van der Waals surface area (Å²) in [6, 6.07) is 1.20. The van der Waals surface area contributed by atoms with Crippen molar-refractivity contribution in [3.8, 4) is 0 Å². The lowest BCUT2D eigenvalue weighted by atomic mass is 10.1. The van der Waals surface area contributed by atoms with Gasteiger partial charge in [0.15, 0.2) is 5.82 Å². The molecule has 6 heteroatoms. The van der Waals surface area contributed by atoms with Crippen LogP contribution < -0.4 is 5.32 Å². The predicted octanol–water partition coefficient (Wildman–Crippen LogP) is 1.56. The molecule has 1 atom stereocenters. The molecule has 18 heavy (non-hydrogen) atoms. The number of nitrogens with one attached hydrogen (secondary N) is 1. The summed E-state index contributed by atoms with van der Waals surface area (Å²) in [4.78, 5) is 15.4. The van der Waals surface area contributed by atoms with Crippen LogP contribution in [0.4, 0.5) is 5.82 Å². The number of aromatic nitrogens is 3. The third-order valence-corrected chi connectivity index (χ3v) is 2.74. The topological polar surface area (TPSA) is 79.5 Å². The fraction of sp³-hybridized carbons (Fsp3) is 0.417. The second kappa shape index (κ2) is 4.64. The SMILES string of the molecule is Cc1cc2c(NC(C(=O)O)C(C)C)nccn2n1. The van der Waals surface area contributed by atoms with Gasteiger partial charge in [-0.25, -0.2) is 14.3 Å². The summed E-state index contributed by atoms with van der Waals surface area (Å²) in [5, 5.41) is 16.4. The number of aliphatic carboxylic acids is 1. The fourth-order valence-corrected chi connectivity index (χ4v) is 1.82. The van der Waals surface area contributed by atoms with Gasteiger partial charge in [-0.05, 0) is 18.9 Å². The van der Waals surface area contributed by atoms with Crippen molar-refractivity contribution in [2.45, 2.75) is 26.8 Å². The lowest BCUT2D eigenvalue weighted by molar-refractivity contribution is -0.138. The summed E-state index contributed by atoms with van der Waals surface area (Å²) in [6.07, 6.45) is 3.33. The van der Waals surface area contributed by atoms with E-state index in [1.165, 1.54) is 0 Å². The van der Waals surface area contributed by atoms with E-state index in [0.29, 0.717) is 5.82 Å². The van der Waals surface area contributed by atoms with Gasteiger partial charge < -0.3 is 10.4 Å². The second-order valence-corrected chi connectivity index (χ2v) is 4.60. The van der Waals surface area contributed by atoms with E-state index >= 15 is 0 Å². The third-order valence-electron chi connectivity index (χ3n) is 2.74. The van der Waals surface area contributed by atoms with Crippen molar-refractivity contribution in [2.24, 2.45) is 5.92 Å². The van der Waals surface area contributed by atoms with Crippen molar-refractivity contribution >= 4 is 17.3 Å². The molecule has 0 bridgehead atoms. The number of carboxylic acids is 1. The maximum atomic E-state index is 11.2. The molecule has 0 spiro atoms. The molecule has 0 aliphatic rings. The van der Waals surface area contributed by atoms with E-state index in [-0.39, 0.29) is 5.92 Å². The smallest absolute Gasteiger partial charge is 0.326 e. The largest absolute Gasteiger partial charge is 0.480 e. The van der Waals surface area contributed by atoms with E-state index in [2.05, 4.69) is 15.4 Å². The van der Waals surface area contributed by atoms with Gasteiger partial charge in [-0.3, -0.25) is 0 Å². The molecular weight excluding hydrogens is 232 g/mol. The maximum Gasteiger partial charge on any atom is 0.326 e. The highest BCUT2D eigenvalue weighted by Gasteiger charge is 2.22. The second-order valence-electron chi connectivity index (χ2n) is 4.60. The zero-order valence-corrected chi connectivity index (χ0v) is 10.6. The molecule has 2 aromatic heterocycles. The Hall–Kier alpha value is -2.11. The Morgan fingerprint density at radius 2 is 2.22 bits per heavy atom. The van der Waals surface area contributed by atoms with E-state index in [4.69, 9.17) is 5.11 Å². The van der Waals surface area contributed by atoms with Crippen LogP contribution in [-0.4, -0.2) is 31.7 Å². The van der Waals surface area contributed by atoms with Crippen molar-refractivity contribution in [1.82, 2.24) is 14.6 Å². The number of hydrogen-bond acceptors (Lipinski definition) is 4. The van der Waals surface area contributed by atoms with Gasteiger partial charge in [0.05, 0.1) is 5.69 Å². The first-order valence-corrected chi connectivity index (χ1v) is 5.79. The number of nitrogens with zero attached hydrogens (tertiary/aromatic N) is 3. The molecule has 2 N–H and O–H groups in total. The van der Waals surface area contributed by atoms with Crippen molar-refractivity contribution in [3.05, 3.63) is 24.2 Å². The first-order chi connectivity index (χ1) is 8.49. The van der Waals surface area contributed by atoms with Crippen LogP contribution in [0.5, 0.6) is 0 Å². The molecule has 0 saturated heterocycles. The predicted molar refractivity (Wildman–Crippen MR) is 67.6 cm³/mol. The van der Waals surface area contributed by atoms with E-state index < -0.39 is 12.0 Å². The van der Waals surface area contributed by atoms with Crippen LogP contribution in [0.15, 0.2) is 18.5 Å². The number of carbonyl (C=O) groups is 1. The molecule has 0 aromatic carbocycles. The summed E-state index contributed by atoms with van der Waals surface area (Å²) in [5.41, 5.74) is 1.64. The Labute approximate surface area is 105 Å². The fourth-order valence-electron chi connectivity index (χ4n) is 1.82. The minimum Gasteiger partial charge on any atom is -0.480 e. The summed E-state index contributed by atoms with van der Waals surface area (Å²) in [6.45, 7) is 5.59. The van der Waals surface area contributed by atoms with Crippen LogP contribution in [0.25, 0.3) is 5.52 Å². The molecule has 2 rings (SSSR count). The number of carboxylic acid groups (broad SMARTS) is 1. The van der Waals surface area contributed by atoms with Crippen molar-refractivity contribution in [1.29, 1.82) is 0 Å². The summed E-state index contributed by atoms with van der Waals surface area (Å²) in [5.74, 6) is -0.377. The highest BCUT2D eigenvalue weighted by molar-refractivity contribution is 5.80. The molecule has 1 unspecified atom stereocenters. The van der Waals surface area contributed by atoms with E-state index in [1.807, 2.05) is 26.8 Å². The molecule has 0 amide bonds. The van der Waals surface area contributed by atoms with Crippen LogP contribution in [0.1, 0.15) is 19.5 Å². The van der Waals surface area contributed by atoms with E-state index in [1.54, 1.807) is 16.9 Å². The van der Waals surface area contributed by atoms with Crippen LogP contribution >= 0.6 is 0 Å². The Balaban J connectivity index is 2.39. The van der Waals surface area contributed by atoms with Gasteiger partial charge in [0.25, 0.3) is 0 Å². The summed E-state index contributed by atoms with van der Waals surface area (Å²) in [7, 11) is 0. The minimum absolute atomic E-state index is 0.0337. The molecular formula is C12H16N4O2.